The highest BCUT2D eigenvalue weighted by molar-refractivity contribution is 9.10. The van der Waals surface area contributed by atoms with Gasteiger partial charge in [-0.1, -0.05) is 30.3 Å². The van der Waals surface area contributed by atoms with Crippen molar-refractivity contribution >= 4 is 27.4 Å². The second-order valence-corrected chi connectivity index (χ2v) is 5.29. The molecule has 0 unspecified atom stereocenters. The van der Waals surface area contributed by atoms with Crippen molar-refractivity contribution in [1.82, 2.24) is 9.38 Å². The number of halogens is 1. The summed E-state index contributed by atoms with van der Waals surface area (Å²) in [6.07, 6.45) is 0. The predicted octanol–water partition coefficient (Wildman–Crippen LogP) is 3.77. The summed E-state index contributed by atoms with van der Waals surface area (Å²) in [7, 11) is 0. The molecule has 0 radical (unpaired) electrons. The van der Waals surface area contributed by atoms with Gasteiger partial charge in [0.2, 0.25) is 0 Å². The molecule has 0 saturated heterocycles. The van der Waals surface area contributed by atoms with E-state index in [4.69, 9.17) is 0 Å². The van der Waals surface area contributed by atoms with Gasteiger partial charge in [0.05, 0.1) is 10.1 Å². The molecule has 0 aliphatic heterocycles. The van der Waals surface area contributed by atoms with Gasteiger partial charge in [0.15, 0.2) is 5.69 Å². The number of rotatable bonds is 2. The van der Waals surface area contributed by atoms with E-state index in [-0.39, 0.29) is 5.69 Å². The van der Waals surface area contributed by atoms with E-state index >= 15 is 0 Å². The van der Waals surface area contributed by atoms with Gasteiger partial charge in [-0.15, -0.1) is 0 Å². The molecule has 5 heteroatoms. The van der Waals surface area contributed by atoms with E-state index in [1.165, 1.54) is 0 Å². The summed E-state index contributed by atoms with van der Waals surface area (Å²) in [5, 5.41) is 9.31. The van der Waals surface area contributed by atoms with Crippen LogP contribution in [0.5, 0.6) is 0 Å². The highest BCUT2D eigenvalue weighted by atomic mass is 79.9. The van der Waals surface area contributed by atoms with Crippen LogP contribution in [0, 0.1) is 6.92 Å². The van der Waals surface area contributed by atoms with E-state index in [2.05, 4.69) is 20.9 Å². The van der Waals surface area contributed by atoms with Gasteiger partial charge in [-0.25, -0.2) is 9.78 Å². The highest BCUT2D eigenvalue weighted by Crippen LogP contribution is 2.28. The smallest absolute Gasteiger partial charge is 0.356 e. The van der Waals surface area contributed by atoms with Crippen LogP contribution in [-0.2, 0) is 0 Å². The number of imidazole rings is 1. The molecule has 3 aromatic rings. The number of benzene rings is 1. The van der Waals surface area contributed by atoms with Crippen molar-refractivity contribution < 1.29 is 9.90 Å². The number of pyridine rings is 1. The fraction of sp³-hybridized carbons (Fsp3) is 0.0667. The molecule has 1 N–H and O–H groups in total. The molecule has 0 aliphatic rings. The van der Waals surface area contributed by atoms with Crippen molar-refractivity contribution in [3.05, 3.63) is 58.3 Å². The maximum absolute atomic E-state index is 11.4. The monoisotopic (exact) mass is 330 g/mol. The highest BCUT2D eigenvalue weighted by Gasteiger charge is 2.19. The Hall–Kier alpha value is -2.14. The van der Waals surface area contributed by atoms with Crippen molar-refractivity contribution in [2.24, 2.45) is 0 Å². The van der Waals surface area contributed by atoms with Gasteiger partial charge in [0.1, 0.15) is 5.82 Å². The quantitative estimate of drug-likeness (QED) is 0.727. The third-order valence-electron chi connectivity index (χ3n) is 3.20. The molecule has 0 atom stereocenters. The lowest BCUT2D eigenvalue weighted by Crippen LogP contribution is -1.97. The van der Waals surface area contributed by atoms with Gasteiger partial charge in [-0.05, 0) is 40.5 Å². The largest absolute Gasteiger partial charge is 0.476 e. The molecule has 0 bridgehead atoms. The number of carboxylic acids is 1. The Morgan fingerprint density at radius 2 is 1.95 bits per heavy atom. The summed E-state index contributed by atoms with van der Waals surface area (Å²) in [5.74, 6) is -0.400. The number of fused-ring (bicyclic) bond motifs is 1. The molecule has 2 heterocycles. The van der Waals surface area contributed by atoms with Gasteiger partial charge in [-0.2, -0.15) is 0 Å². The molecule has 20 heavy (non-hydrogen) atoms. The third kappa shape index (κ3) is 1.91. The predicted molar refractivity (Wildman–Crippen MR) is 80.0 cm³/mol. The Morgan fingerprint density at radius 3 is 2.65 bits per heavy atom. The lowest BCUT2D eigenvalue weighted by molar-refractivity contribution is 0.0693. The number of carbonyl (C=O) groups is 1. The van der Waals surface area contributed by atoms with Gasteiger partial charge in [0, 0.05) is 5.56 Å². The molecule has 0 amide bonds. The fourth-order valence-electron chi connectivity index (χ4n) is 2.26. The molecule has 3 rings (SSSR count). The summed E-state index contributed by atoms with van der Waals surface area (Å²) < 4.78 is 2.58. The standard InChI is InChI=1S/C15H11BrN2O2/c1-9-5-2-3-6-10(9)14-17-13(15(19)20)11-7-4-8-12(16)18(11)14/h2-8H,1H3,(H,19,20). The minimum Gasteiger partial charge on any atom is -0.476 e. The summed E-state index contributed by atoms with van der Waals surface area (Å²) in [6, 6.07) is 13.2. The van der Waals surface area contributed by atoms with Crippen LogP contribution < -0.4 is 0 Å². The fourth-order valence-corrected chi connectivity index (χ4v) is 2.77. The summed E-state index contributed by atoms with van der Waals surface area (Å²) >= 11 is 3.46. The van der Waals surface area contributed by atoms with Crippen LogP contribution >= 0.6 is 15.9 Å². The molecule has 0 saturated carbocycles. The Kier molecular flexibility index (Phi) is 3.06. The average Bonchev–Trinajstić information content (AvgIpc) is 2.80. The van der Waals surface area contributed by atoms with Crippen LogP contribution in [0.4, 0.5) is 0 Å². The lowest BCUT2D eigenvalue weighted by atomic mass is 10.1. The number of hydrogen-bond acceptors (Lipinski definition) is 2. The first-order valence-electron chi connectivity index (χ1n) is 6.06. The normalized spacial score (nSPS) is 10.9. The van der Waals surface area contributed by atoms with E-state index < -0.39 is 5.97 Å². The molecule has 4 nitrogen and oxygen atoms in total. The van der Waals surface area contributed by atoms with Crippen LogP contribution in [0.25, 0.3) is 16.9 Å². The Bertz CT molecular complexity index is 824. The zero-order valence-electron chi connectivity index (χ0n) is 10.7. The van der Waals surface area contributed by atoms with Gasteiger partial charge >= 0.3 is 5.97 Å². The topological polar surface area (TPSA) is 54.6 Å². The first-order chi connectivity index (χ1) is 9.59. The van der Waals surface area contributed by atoms with Crippen molar-refractivity contribution in [2.75, 3.05) is 0 Å². The van der Waals surface area contributed by atoms with Crippen LogP contribution in [0.1, 0.15) is 16.1 Å². The van der Waals surface area contributed by atoms with Crippen molar-refractivity contribution in [1.29, 1.82) is 0 Å². The van der Waals surface area contributed by atoms with Crippen LogP contribution in [0.15, 0.2) is 47.1 Å². The number of aryl methyl sites for hydroxylation is 1. The summed E-state index contributed by atoms with van der Waals surface area (Å²) in [6.45, 7) is 1.98. The molecular weight excluding hydrogens is 320 g/mol. The van der Waals surface area contributed by atoms with E-state index in [0.29, 0.717) is 11.3 Å². The van der Waals surface area contributed by atoms with E-state index in [1.807, 2.05) is 41.7 Å². The molecule has 1 aromatic carbocycles. The SMILES string of the molecule is Cc1ccccc1-c1nc(C(=O)O)c2cccc(Br)n12. The second kappa shape index (κ2) is 4.76. The number of carboxylic acid groups (broad SMARTS) is 1. The molecule has 0 aliphatic carbocycles. The number of aromatic carboxylic acids is 1. The van der Waals surface area contributed by atoms with E-state index in [9.17, 15) is 9.90 Å². The van der Waals surface area contributed by atoms with E-state index in [0.717, 1.165) is 15.7 Å². The second-order valence-electron chi connectivity index (χ2n) is 4.47. The van der Waals surface area contributed by atoms with Gasteiger partial charge < -0.3 is 5.11 Å². The van der Waals surface area contributed by atoms with Crippen molar-refractivity contribution in [3.63, 3.8) is 0 Å². The summed E-state index contributed by atoms with van der Waals surface area (Å²) in [5.41, 5.74) is 2.60. The molecule has 0 spiro atoms. The van der Waals surface area contributed by atoms with Crippen molar-refractivity contribution in [3.8, 4) is 11.4 Å². The third-order valence-corrected chi connectivity index (χ3v) is 3.82. The Morgan fingerprint density at radius 1 is 1.20 bits per heavy atom. The lowest BCUT2D eigenvalue weighted by Gasteiger charge is -2.06. The first kappa shape index (κ1) is 12.9. The number of nitrogens with zero attached hydrogens (tertiary/aromatic N) is 2. The van der Waals surface area contributed by atoms with Crippen LogP contribution in [0.3, 0.4) is 0 Å². The first-order valence-corrected chi connectivity index (χ1v) is 6.85. The molecule has 0 fully saturated rings. The zero-order chi connectivity index (χ0) is 14.3. The van der Waals surface area contributed by atoms with Crippen molar-refractivity contribution in [2.45, 2.75) is 6.92 Å². The maximum Gasteiger partial charge on any atom is 0.356 e. The molecule has 2 aromatic heterocycles. The Balaban J connectivity index is 2.43. The maximum atomic E-state index is 11.4. The number of aromatic nitrogens is 2. The van der Waals surface area contributed by atoms with Crippen LogP contribution in [0.2, 0.25) is 0 Å². The van der Waals surface area contributed by atoms with Crippen LogP contribution in [-0.4, -0.2) is 20.5 Å². The minimum atomic E-state index is -1.03. The van der Waals surface area contributed by atoms with Gasteiger partial charge in [-0.3, -0.25) is 4.40 Å². The molecular formula is C15H11BrN2O2. The minimum absolute atomic E-state index is 0.0598. The Labute approximate surface area is 123 Å². The average molecular weight is 331 g/mol. The summed E-state index contributed by atoms with van der Waals surface area (Å²) in [4.78, 5) is 15.7. The van der Waals surface area contributed by atoms with Gasteiger partial charge in [0.25, 0.3) is 0 Å². The number of hydrogen-bond donors (Lipinski definition) is 1. The zero-order valence-corrected chi connectivity index (χ0v) is 12.3. The van der Waals surface area contributed by atoms with E-state index in [1.54, 1.807) is 12.1 Å². The molecule has 100 valence electrons.